The molecule has 0 spiro atoms. The van der Waals surface area contributed by atoms with Gasteiger partial charge in [0, 0.05) is 5.69 Å². The quantitative estimate of drug-likeness (QED) is 0.465. The number of hydrogen-bond acceptors (Lipinski definition) is 2. The molecule has 1 aromatic carbocycles. The fourth-order valence-corrected chi connectivity index (χ4v) is 1.21. The van der Waals surface area contributed by atoms with Crippen molar-refractivity contribution in [3.8, 4) is 0 Å². The number of benzene rings is 1. The van der Waals surface area contributed by atoms with Gasteiger partial charge in [-0.15, -0.1) is 0 Å². The van der Waals surface area contributed by atoms with Crippen LogP contribution in [0.4, 0.5) is 5.69 Å². The molecule has 0 unspecified atom stereocenters. The highest BCUT2D eigenvalue weighted by Crippen LogP contribution is 2.07. The smallest absolute Gasteiger partial charge is 0.258 e. The molecular weight excluding hydrogens is 190 g/mol. The molecule has 0 radical (unpaired) electrons. The number of anilines is 1. The van der Waals surface area contributed by atoms with E-state index in [1.54, 1.807) is 19.1 Å². The molecule has 0 atom stereocenters. The third-order valence-electron chi connectivity index (χ3n) is 1.94. The summed E-state index contributed by atoms with van der Waals surface area (Å²) in [5, 5.41) is 2.65. The molecule has 3 heteroatoms. The van der Waals surface area contributed by atoms with E-state index in [0.717, 1.165) is 0 Å². The van der Waals surface area contributed by atoms with Crippen molar-refractivity contribution in [2.75, 3.05) is 5.32 Å². The molecule has 0 saturated heterocycles. The first-order valence-electron chi connectivity index (χ1n) is 4.68. The Morgan fingerprint density at radius 2 is 1.80 bits per heavy atom. The largest absolute Gasteiger partial charge is 0.322 e. The normalized spacial score (nSPS) is 10.9. The Morgan fingerprint density at radius 1 is 1.20 bits per heavy atom. The number of para-hydroxylation sites is 1. The van der Waals surface area contributed by atoms with Crippen molar-refractivity contribution in [3.63, 3.8) is 0 Å². The predicted molar refractivity (Wildman–Crippen MR) is 59.5 cm³/mol. The Balaban J connectivity index is 2.76. The van der Waals surface area contributed by atoms with Crippen LogP contribution in [0, 0.1) is 0 Å². The van der Waals surface area contributed by atoms with Gasteiger partial charge in [0.15, 0.2) is 5.78 Å². The number of nitrogens with one attached hydrogen (secondary N) is 1. The van der Waals surface area contributed by atoms with Crippen molar-refractivity contribution >= 4 is 17.4 Å². The molecule has 0 aliphatic rings. The van der Waals surface area contributed by atoms with E-state index in [-0.39, 0.29) is 17.3 Å². The van der Waals surface area contributed by atoms with Gasteiger partial charge in [-0.2, -0.15) is 0 Å². The van der Waals surface area contributed by atoms with Crippen LogP contribution >= 0.6 is 0 Å². The van der Waals surface area contributed by atoms with E-state index in [1.165, 1.54) is 13.0 Å². The van der Waals surface area contributed by atoms with E-state index in [4.69, 9.17) is 0 Å². The van der Waals surface area contributed by atoms with Gasteiger partial charge in [-0.25, -0.2) is 0 Å². The molecule has 0 aromatic heterocycles. The van der Waals surface area contributed by atoms with Gasteiger partial charge in [0.2, 0.25) is 0 Å². The number of ketones is 1. The maximum absolute atomic E-state index is 11.6. The van der Waals surface area contributed by atoms with Gasteiger partial charge in [-0.1, -0.05) is 24.3 Å². The van der Waals surface area contributed by atoms with Crippen LogP contribution in [0.2, 0.25) is 0 Å². The minimum Gasteiger partial charge on any atom is -0.322 e. The first-order valence-corrected chi connectivity index (χ1v) is 4.68. The Labute approximate surface area is 88.8 Å². The second kappa shape index (κ2) is 5.10. The summed E-state index contributed by atoms with van der Waals surface area (Å²) in [4.78, 5) is 22.7. The zero-order valence-corrected chi connectivity index (χ0v) is 8.78. The van der Waals surface area contributed by atoms with Crippen molar-refractivity contribution in [3.05, 3.63) is 42.0 Å². The van der Waals surface area contributed by atoms with Gasteiger partial charge in [0.25, 0.3) is 5.91 Å². The van der Waals surface area contributed by atoms with Crippen LogP contribution < -0.4 is 5.32 Å². The fourth-order valence-electron chi connectivity index (χ4n) is 1.21. The summed E-state index contributed by atoms with van der Waals surface area (Å²) in [5.74, 6) is -0.595. The number of Topliss-reactive ketones (excluding diaryl/α,β-unsaturated/α-hetero) is 1. The first-order chi connectivity index (χ1) is 7.15. The molecule has 1 rings (SSSR count). The minimum atomic E-state index is -0.365. The number of carbonyl (C=O) groups is 2. The number of amides is 1. The monoisotopic (exact) mass is 203 g/mol. The average molecular weight is 203 g/mol. The molecule has 78 valence electrons. The summed E-state index contributed by atoms with van der Waals surface area (Å²) in [7, 11) is 0. The zero-order chi connectivity index (χ0) is 11.3. The summed E-state index contributed by atoms with van der Waals surface area (Å²) in [6.45, 7) is 3.04. The molecule has 0 saturated carbocycles. The van der Waals surface area contributed by atoms with E-state index in [0.29, 0.717) is 5.69 Å². The highest BCUT2D eigenvalue weighted by atomic mass is 16.2. The molecule has 0 aliphatic heterocycles. The summed E-state index contributed by atoms with van der Waals surface area (Å²) in [5.41, 5.74) is 0.863. The predicted octanol–water partition coefficient (Wildman–Crippen LogP) is 2.16. The lowest BCUT2D eigenvalue weighted by molar-refractivity contribution is -0.118. The molecular formula is C12H13NO2. The van der Waals surface area contributed by atoms with Crippen molar-refractivity contribution in [2.45, 2.75) is 13.8 Å². The highest BCUT2D eigenvalue weighted by molar-refractivity contribution is 6.22. The summed E-state index contributed by atoms with van der Waals surface area (Å²) >= 11 is 0. The summed E-state index contributed by atoms with van der Waals surface area (Å²) < 4.78 is 0. The van der Waals surface area contributed by atoms with E-state index >= 15 is 0 Å². The molecule has 1 aromatic rings. The third kappa shape index (κ3) is 3.06. The molecule has 0 heterocycles. The number of rotatable bonds is 3. The molecule has 3 nitrogen and oxygen atoms in total. The summed E-state index contributed by atoms with van der Waals surface area (Å²) in [6, 6.07) is 9.03. The SMILES string of the molecule is CC=C(C(C)=O)C(=O)Nc1ccccc1. The van der Waals surface area contributed by atoms with Crippen LogP contribution in [0.5, 0.6) is 0 Å². The second-order valence-electron chi connectivity index (χ2n) is 3.08. The molecule has 0 fully saturated rings. The Hall–Kier alpha value is -1.90. The van der Waals surface area contributed by atoms with E-state index < -0.39 is 0 Å². The maximum atomic E-state index is 11.6. The molecule has 0 bridgehead atoms. The highest BCUT2D eigenvalue weighted by Gasteiger charge is 2.12. The van der Waals surface area contributed by atoms with Crippen LogP contribution in [-0.2, 0) is 9.59 Å². The topological polar surface area (TPSA) is 46.2 Å². The van der Waals surface area contributed by atoms with Gasteiger partial charge < -0.3 is 5.32 Å². The maximum Gasteiger partial charge on any atom is 0.258 e. The van der Waals surface area contributed by atoms with Crippen molar-refractivity contribution < 1.29 is 9.59 Å². The second-order valence-corrected chi connectivity index (χ2v) is 3.08. The van der Waals surface area contributed by atoms with Gasteiger partial charge in [-0.3, -0.25) is 9.59 Å². The van der Waals surface area contributed by atoms with Crippen LogP contribution in [0.3, 0.4) is 0 Å². The van der Waals surface area contributed by atoms with E-state index in [9.17, 15) is 9.59 Å². The number of hydrogen-bond donors (Lipinski definition) is 1. The Bertz CT molecular complexity index is 393. The van der Waals surface area contributed by atoms with E-state index in [2.05, 4.69) is 5.32 Å². The Morgan fingerprint density at radius 3 is 2.27 bits per heavy atom. The van der Waals surface area contributed by atoms with Gasteiger partial charge >= 0.3 is 0 Å². The minimum absolute atomic E-state index is 0.179. The first kappa shape index (κ1) is 11.2. The average Bonchev–Trinajstić information content (AvgIpc) is 2.19. The lowest BCUT2D eigenvalue weighted by Gasteiger charge is -2.05. The van der Waals surface area contributed by atoms with Crippen molar-refractivity contribution in [1.29, 1.82) is 0 Å². The molecule has 1 N–H and O–H groups in total. The van der Waals surface area contributed by atoms with Crippen LogP contribution in [-0.4, -0.2) is 11.7 Å². The number of carbonyl (C=O) groups excluding carboxylic acids is 2. The molecule has 1 amide bonds. The fraction of sp³-hybridized carbons (Fsp3) is 0.167. The lowest BCUT2D eigenvalue weighted by atomic mass is 10.1. The summed E-state index contributed by atoms with van der Waals surface area (Å²) in [6.07, 6.45) is 1.51. The van der Waals surface area contributed by atoms with Crippen LogP contribution in [0.1, 0.15) is 13.8 Å². The van der Waals surface area contributed by atoms with Crippen molar-refractivity contribution in [1.82, 2.24) is 0 Å². The van der Waals surface area contributed by atoms with Crippen molar-refractivity contribution in [2.24, 2.45) is 0 Å². The van der Waals surface area contributed by atoms with Gasteiger partial charge in [0.1, 0.15) is 0 Å². The van der Waals surface area contributed by atoms with Gasteiger partial charge in [-0.05, 0) is 26.0 Å². The molecule has 0 aliphatic carbocycles. The van der Waals surface area contributed by atoms with E-state index in [1.807, 2.05) is 18.2 Å². The van der Waals surface area contributed by atoms with Crippen LogP contribution in [0.25, 0.3) is 0 Å². The lowest BCUT2D eigenvalue weighted by Crippen LogP contribution is -2.18. The standard InChI is InChI=1S/C12H13NO2/c1-3-11(9(2)14)12(15)13-10-7-5-4-6-8-10/h3-8H,1-2H3,(H,13,15). The Kier molecular flexibility index (Phi) is 3.80. The zero-order valence-electron chi connectivity index (χ0n) is 8.78. The number of allylic oxidation sites excluding steroid dienone is 1. The van der Waals surface area contributed by atoms with Gasteiger partial charge in [0.05, 0.1) is 5.57 Å². The third-order valence-corrected chi connectivity index (χ3v) is 1.94. The van der Waals surface area contributed by atoms with Crippen LogP contribution in [0.15, 0.2) is 42.0 Å². The molecule has 15 heavy (non-hydrogen) atoms.